The molecule has 0 saturated carbocycles. The van der Waals surface area contributed by atoms with Crippen molar-refractivity contribution in [3.63, 3.8) is 0 Å². The maximum atomic E-state index is 13.8. The highest BCUT2D eigenvalue weighted by atomic mass is 35.5. The summed E-state index contributed by atoms with van der Waals surface area (Å²) in [7, 11) is 0. The predicted octanol–water partition coefficient (Wildman–Crippen LogP) is 3.32. The van der Waals surface area contributed by atoms with E-state index >= 15 is 0 Å². The Labute approximate surface area is 107 Å². The van der Waals surface area contributed by atoms with Gasteiger partial charge in [-0.15, -0.1) is 0 Å². The van der Waals surface area contributed by atoms with Crippen LogP contribution in [-0.4, -0.2) is 16.1 Å². The van der Waals surface area contributed by atoms with Gasteiger partial charge in [-0.05, 0) is 18.2 Å². The molecule has 0 unspecified atom stereocenters. The standard InChI is InChI=1S/C12H8ClFN2O2/c13-8-3-1-2-4-9(8)16-11-10(14)7(12(17)18)5-6-15-11/h1-6H,(H,15,16)(H,17,18). The number of halogens is 2. The summed E-state index contributed by atoms with van der Waals surface area (Å²) in [4.78, 5) is 14.5. The molecule has 0 aliphatic rings. The third-order valence-electron chi connectivity index (χ3n) is 2.25. The molecule has 0 fully saturated rings. The largest absolute Gasteiger partial charge is 0.478 e. The summed E-state index contributed by atoms with van der Waals surface area (Å²) in [6.07, 6.45) is 1.21. The minimum Gasteiger partial charge on any atom is -0.478 e. The number of rotatable bonds is 3. The highest BCUT2D eigenvalue weighted by molar-refractivity contribution is 6.33. The molecule has 92 valence electrons. The second kappa shape index (κ2) is 5.01. The number of nitrogens with one attached hydrogen (secondary N) is 1. The highest BCUT2D eigenvalue weighted by Crippen LogP contribution is 2.25. The number of benzene rings is 1. The van der Waals surface area contributed by atoms with Crippen LogP contribution in [0.3, 0.4) is 0 Å². The van der Waals surface area contributed by atoms with Gasteiger partial charge in [-0.1, -0.05) is 23.7 Å². The van der Waals surface area contributed by atoms with Crippen LogP contribution in [0.15, 0.2) is 36.5 Å². The molecule has 2 rings (SSSR count). The number of hydrogen-bond donors (Lipinski definition) is 2. The molecule has 1 aromatic heterocycles. The van der Waals surface area contributed by atoms with E-state index in [1.807, 2.05) is 0 Å². The van der Waals surface area contributed by atoms with Gasteiger partial charge in [0.15, 0.2) is 11.6 Å². The summed E-state index contributed by atoms with van der Waals surface area (Å²) in [5.74, 6) is -2.45. The Hall–Kier alpha value is -2.14. The molecule has 0 bridgehead atoms. The van der Waals surface area contributed by atoms with Crippen LogP contribution in [-0.2, 0) is 0 Å². The summed E-state index contributed by atoms with van der Waals surface area (Å²) >= 11 is 5.90. The molecular weight excluding hydrogens is 259 g/mol. The summed E-state index contributed by atoms with van der Waals surface area (Å²) in [6, 6.07) is 7.80. The Balaban J connectivity index is 2.39. The van der Waals surface area contributed by atoms with Gasteiger partial charge in [-0.2, -0.15) is 0 Å². The smallest absolute Gasteiger partial charge is 0.338 e. The first kappa shape index (κ1) is 12.3. The minimum atomic E-state index is -1.35. The number of carboxylic acids is 1. The first-order valence-electron chi connectivity index (χ1n) is 4.99. The molecule has 1 heterocycles. The summed E-state index contributed by atoms with van der Waals surface area (Å²) in [5.41, 5.74) is 0.00709. The molecule has 0 aliphatic heterocycles. The van der Waals surface area contributed by atoms with Crippen LogP contribution in [0, 0.1) is 5.82 Å². The molecule has 18 heavy (non-hydrogen) atoms. The molecule has 0 atom stereocenters. The molecule has 2 aromatic rings. The lowest BCUT2D eigenvalue weighted by molar-refractivity contribution is 0.0692. The van der Waals surface area contributed by atoms with E-state index in [2.05, 4.69) is 10.3 Å². The fraction of sp³-hybridized carbons (Fsp3) is 0. The topological polar surface area (TPSA) is 62.2 Å². The SMILES string of the molecule is O=C(O)c1ccnc(Nc2ccccc2Cl)c1F. The minimum absolute atomic E-state index is 0.178. The van der Waals surface area contributed by atoms with Crippen LogP contribution in [0.25, 0.3) is 0 Å². The van der Waals surface area contributed by atoms with Gasteiger partial charge in [0.1, 0.15) is 5.56 Å². The average Bonchev–Trinajstić information content (AvgIpc) is 2.34. The highest BCUT2D eigenvalue weighted by Gasteiger charge is 2.15. The van der Waals surface area contributed by atoms with Crippen molar-refractivity contribution in [3.8, 4) is 0 Å². The van der Waals surface area contributed by atoms with Crippen molar-refractivity contribution < 1.29 is 14.3 Å². The van der Waals surface area contributed by atoms with Gasteiger partial charge in [0.25, 0.3) is 0 Å². The first-order valence-corrected chi connectivity index (χ1v) is 5.36. The van der Waals surface area contributed by atoms with Crippen molar-refractivity contribution in [3.05, 3.63) is 52.9 Å². The maximum absolute atomic E-state index is 13.8. The number of aromatic nitrogens is 1. The zero-order valence-corrected chi connectivity index (χ0v) is 9.78. The molecule has 0 amide bonds. The Morgan fingerprint density at radius 2 is 2.06 bits per heavy atom. The van der Waals surface area contributed by atoms with Gasteiger partial charge in [0, 0.05) is 6.20 Å². The van der Waals surface area contributed by atoms with Crippen LogP contribution >= 0.6 is 11.6 Å². The number of hydrogen-bond acceptors (Lipinski definition) is 3. The molecule has 0 radical (unpaired) electrons. The Bertz CT molecular complexity index is 604. The Morgan fingerprint density at radius 1 is 1.33 bits per heavy atom. The van der Waals surface area contributed by atoms with Crippen LogP contribution in [0.4, 0.5) is 15.9 Å². The normalized spacial score (nSPS) is 10.1. The number of pyridine rings is 1. The molecule has 6 heteroatoms. The van der Waals surface area contributed by atoms with Crippen molar-refractivity contribution in [2.45, 2.75) is 0 Å². The third-order valence-corrected chi connectivity index (χ3v) is 2.58. The molecule has 0 spiro atoms. The van der Waals surface area contributed by atoms with E-state index in [0.717, 1.165) is 6.07 Å². The van der Waals surface area contributed by atoms with Crippen LogP contribution < -0.4 is 5.32 Å². The molecular formula is C12H8ClFN2O2. The number of carboxylic acid groups (broad SMARTS) is 1. The quantitative estimate of drug-likeness (QED) is 0.895. The van der Waals surface area contributed by atoms with E-state index in [0.29, 0.717) is 10.7 Å². The Kier molecular flexibility index (Phi) is 3.43. The van der Waals surface area contributed by atoms with E-state index in [1.54, 1.807) is 24.3 Å². The number of anilines is 2. The second-order valence-electron chi connectivity index (χ2n) is 3.43. The number of carbonyl (C=O) groups is 1. The maximum Gasteiger partial charge on any atom is 0.338 e. The van der Waals surface area contributed by atoms with Gasteiger partial charge in [0.05, 0.1) is 10.7 Å². The molecule has 1 aromatic carbocycles. The van der Waals surface area contributed by atoms with Crippen molar-refractivity contribution >= 4 is 29.1 Å². The molecule has 0 saturated heterocycles. The van der Waals surface area contributed by atoms with Crippen LogP contribution in [0.5, 0.6) is 0 Å². The summed E-state index contributed by atoms with van der Waals surface area (Å²) in [5, 5.41) is 11.8. The predicted molar refractivity (Wildman–Crippen MR) is 65.9 cm³/mol. The van der Waals surface area contributed by atoms with Gasteiger partial charge < -0.3 is 10.4 Å². The number of para-hydroxylation sites is 1. The fourth-order valence-electron chi connectivity index (χ4n) is 1.39. The number of aromatic carboxylic acids is 1. The lowest BCUT2D eigenvalue weighted by Crippen LogP contribution is -2.05. The van der Waals surface area contributed by atoms with Crippen LogP contribution in [0.2, 0.25) is 5.02 Å². The van der Waals surface area contributed by atoms with Gasteiger partial charge >= 0.3 is 5.97 Å². The van der Waals surface area contributed by atoms with Crippen molar-refractivity contribution in [1.82, 2.24) is 4.98 Å². The fourth-order valence-corrected chi connectivity index (χ4v) is 1.57. The van der Waals surface area contributed by atoms with E-state index < -0.39 is 17.3 Å². The van der Waals surface area contributed by atoms with E-state index in [1.165, 1.54) is 6.20 Å². The summed E-state index contributed by atoms with van der Waals surface area (Å²) < 4.78 is 13.8. The lowest BCUT2D eigenvalue weighted by atomic mass is 10.2. The Morgan fingerprint density at radius 3 is 2.72 bits per heavy atom. The van der Waals surface area contributed by atoms with Gasteiger partial charge in [-0.25, -0.2) is 14.2 Å². The third kappa shape index (κ3) is 2.41. The number of nitrogens with zero attached hydrogens (tertiary/aromatic N) is 1. The average molecular weight is 267 g/mol. The molecule has 0 aliphatic carbocycles. The zero-order chi connectivity index (χ0) is 13.1. The van der Waals surface area contributed by atoms with E-state index in [4.69, 9.17) is 16.7 Å². The van der Waals surface area contributed by atoms with Crippen molar-refractivity contribution in [2.75, 3.05) is 5.32 Å². The first-order chi connectivity index (χ1) is 8.59. The molecule has 2 N–H and O–H groups in total. The van der Waals surface area contributed by atoms with E-state index in [-0.39, 0.29) is 5.82 Å². The molecule has 4 nitrogen and oxygen atoms in total. The van der Waals surface area contributed by atoms with Gasteiger partial charge in [-0.3, -0.25) is 0 Å². The monoisotopic (exact) mass is 266 g/mol. The van der Waals surface area contributed by atoms with Crippen molar-refractivity contribution in [1.29, 1.82) is 0 Å². The zero-order valence-electron chi connectivity index (χ0n) is 9.02. The summed E-state index contributed by atoms with van der Waals surface area (Å²) in [6.45, 7) is 0. The van der Waals surface area contributed by atoms with E-state index in [9.17, 15) is 9.18 Å². The van der Waals surface area contributed by atoms with Gasteiger partial charge in [0.2, 0.25) is 0 Å². The van der Waals surface area contributed by atoms with Crippen molar-refractivity contribution in [2.24, 2.45) is 0 Å². The van der Waals surface area contributed by atoms with Crippen LogP contribution in [0.1, 0.15) is 10.4 Å². The lowest BCUT2D eigenvalue weighted by Gasteiger charge is -2.09. The second-order valence-corrected chi connectivity index (χ2v) is 3.84.